The highest BCUT2D eigenvalue weighted by molar-refractivity contribution is 7.12. The average Bonchev–Trinajstić information content (AvgIpc) is 3.44. The predicted molar refractivity (Wildman–Crippen MR) is 114 cm³/mol. The molecule has 174 valence electrons. The van der Waals surface area contributed by atoms with Gasteiger partial charge in [0, 0.05) is 18.7 Å². The molecular formula is C21H19F3N4O4S. The van der Waals surface area contributed by atoms with E-state index in [2.05, 4.69) is 20.5 Å². The van der Waals surface area contributed by atoms with Crippen LogP contribution in [0.25, 0.3) is 5.69 Å². The molecule has 0 saturated carbocycles. The summed E-state index contributed by atoms with van der Waals surface area (Å²) in [6.07, 6.45) is -4.03. The maximum Gasteiger partial charge on any atom is 0.434 e. The van der Waals surface area contributed by atoms with E-state index in [0.29, 0.717) is 15.2 Å². The number of anilines is 1. The molecule has 0 spiro atoms. The molecule has 0 unspecified atom stereocenters. The lowest BCUT2D eigenvalue weighted by molar-refractivity contribution is -0.143. The number of hydrogen-bond acceptors (Lipinski definition) is 6. The van der Waals surface area contributed by atoms with Crippen molar-refractivity contribution in [3.05, 3.63) is 64.1 Å². The van der Waals surface area contributed by atoms with Crippen LogP contribution in [0.1, 0.15) is 39.1 Å². The van der Waals surface area contributed by atoms with Gasteiger partial charge in [0.15, 0.2) is 5.69 Å². The van der Waals surface area contributed by atoms with Gasteiger partial charge in [0.1, 0.15) is 5.56 Å². The zero-order valence-corrected chi connectivity index (χ0v) is 18.1. The molecule has 2 heterocycles. The van der Waals surface area contributed by atoms with Gasteiger partial charge in [-0.05, 0) is 42.6 Å². The lowest BCUT2D eigenvalue weighted by Gasteiger charge is -2.13. The number of carbonyl (C=O) groups is 3. The molecule has 3 aromatic rings. The van der Waals surface area contributed by atoms with Gasteiger partial charge in [0.2, 0.25) is 5.91 Å². The van der Waals surface area contributed by atoms with Gasteiger partial charge in [-0.15, -0.1) is 11.3 Å². The summed E-state index contributed by atoms with van der Waals surface area (Å²) in [4.78, 5) is 36.3. The number of hydrogen-bond donors (Lipinski definition) is 2. The van der Waals surface area contributed by atoms with E-state index in [9.17, 15) is 27.6 Å². The van der Waals surface area contributed by atoms with E-state index >= 15 is 0 Å². The Hall–Kier alpha value is -3.67. The van der Waals surface area contributed by atoms with Crippen LogP contribution in [-0.4, -0.2) is 40.7 Å². The van der Waals surface area contributed by atoms with Crippen LogP contribution in [0.3, 0.4) is 0 Å². The second-order valence-electron chi connectivity index (χ2n) is 6.62. The summed E-state index contributed by atoms with van der Waals surface area (Å²) in [5.41, 5.74) is -1.55. The smallest absolute Gasteiger partial charge is 0.434 e. The lowest BCUT2D eigenvalue weighted by Crippen LogP contribution is -2.27. The minimum atomic E-state index is -4.85. The number of benzene rings is 1. The zero-order chi connectivity index (χ0) is 24.0. The third-order valence-corrected chi connectivity index (χ3v) is 5.18. The van der Waals surface area contributed by atoms with Crippen molar-refractivity contribution in [2.75, 3.05) is 18.5 Å². The quantitative estimate of drug-likeness (QED) is 0.477. The third kappa shape index (κ3) is 5.98. The summed E-state index contributed by atoms with van der Waals surface area (Å²) in [5.74, 6) is -1.77. The molecule has 2 amide bonds. The standard InChI is InChI=1S/C21H19F3N4O4S/c1-2-32-20(31)15-12-26-28(18(15)21(22,23)24)14-7-5-13(6-8-14)27-17(29)9-10-25-19(30)16-4-3-11-33-16/h3-8,11-12H,2,9-10H2,1H3,(H,25,30)(H,27,29). The van der Waals surface area contributed by atoms with E-state index < -0.39 is 23.4 Å². The van der Waals surface area contributed by atoms with Crippen LogP contribution < -0.4 is 10.6 Å². The van der Waals surface area contributed by atoms with Gasteiger partial charge in [0.25, 0.3) is 5.91 Å². The second-order valence-corrected chi connectivity index (χ2v) is 7.56. The van der Waals surface area contributed by atoms with Crippen molar-refractivity contribution in [2.24, 2.45) is 0 Å². The number of halogens is 3. The van der Waals surface area contributed by atoms with Crippen molar-refractivity contribution in [3.8, 4) is 5.69 Å². The highest BCUT2D eigenvalue weighted by atomic mass is 32.1. The maximum atomic E-state index is 13.6. The second kappa shape index (κ2) is 10.3. The van der Waals surface area contributed by atoms with Gasteiger partial charge in [-0.1, -0.05) is 6.07 Å². The minimum Gasteiger partial charge on any atom is -0.462 e. The van der Waals surface area contributed by atoms with Crippen molar-refractivity contribution < 1.29 is 32.3 Å². The SMILES string of the molecule is CCOC(=O)c1cnn(-c2ccc(NC(=O)CCNC(=O)c3cccs3)cc2)c1C(F)(F)F. The van der Waals surface area contributed by atoms with Crippen LogP contribution >= 0.6 is 11.3 Å². The molecule has 0 fully saturated rings. The molecule has 12 heteroatoms. The Kier molecular flexibility index (Phi) is 7.48. The average molecular weight is 480 g/mol. The van der Waals surface area contributed by atoms with Crippen LogP contribution in [0.5, 0.6) is 0 Å². The van der Waals surface area contributed by atoms with Crippen LogP contribution in [0, 0.1) is 0 Å². The lowest BCUT2D eigenvalue weighted by atomic mass is 10.2. The first-order valence-corrected chi connectivity index (χ1v) is 10.6. The van der Waals surface area contributed by atoms with E-state index in [1.807, 2.05) is 0 Å². The molecular weight excluding hydrogens is 461 g/mol. The van der Waals surface area contributed by atoms with Crippen molar-refractivity contribution in [3.63, 3.8) is 0 Å². The number of ether oxygens (including phenoxy) is 1. The van der Waals surface area contributed by atoms with Crippen molar-refractivity contribution in [1.29, 1.82) is 0 Å². The Morgan fingerprint density at radius 2 is 1.88 bits per heavy atom. The molecule has 0 radical (unpaired) electrons. The summed E-state index contributed by atoms with van der Waals surface area (Å²) in [5, 5.41) is 10.7. The Morgan fingerprint density at radius 3 is 2.48 bits per heavy atom. The van der Waals surface area contributed by atoms with Crippen LogP contribution in [-0.2, 0) is 15.7 Å². The normalized spacial score (nSPS) is 11.2. The molecule has 0 atom stereocenters. The summed E-state index contributed by atoms with van der Waals surface area (Å²) in [6, 6.07) is 8.87. The van der Waals surface area contributed by atoms with Gasteiger partial charge in [-0.2, -0.15) is 18.3 Å². The van der Waals surface area contributed by atoms with Crippen LogP contribution in [0.2, 0.25) is 0 Å². The van der Waals surface area contributed by atoms with Crippen LogP contribution in [0.4, 0.5) is 18.9 Å². The summed E-state index contributed by atoms with van der Waals surface area (Å²) >= 11 is 1.28. The monoisotopic (exact) mass is 480 g/mol. The van der Waals surface area contributed by atoms with Crippen molar-refractivity contribution in [1.82, 2.24) is 15.1 Å². The fraction of sp³-hybridized carbons (Fsp3) is 0.238. The molecule has 0 saturated heterocycles. The summed E-state index contributed by atoms with van der Waals surface area (Å²) < 4.78 is 46.0. The molecule has 2 aromatic heterocycles. The molecule has 3 rings (SSSR count). The van der Waals surface area contributed by atoms with Crippen molar-refractivity contribution >= 4 is 34.8 Å². The number of rotatable bonds is 8. The number of aromatic nitrogens is 2. The van der Waals surface area contributed by atoms with Gasteiger partial charge < -0.3 is 15.4 Å². The molecule has 8 nitrogen and oxygen atoms in total. The van der Waals surface area contributed by atoms with E-state index in [4.69, 9.17) is 0 Å². The first-order chi connectivity index (χ1) is 15.7. The largest absolute Gasteiger partial charge is 0.462 e. The number of amides is 2. The highest BCUT2D eigenvalue weighted by Gasteiger charge is 2.41. The number of thiophene rings is 1. The molecule has 0 aliphatic carbocycles. The molecule has 0 aliphatic rings. The topological polar surface area (TPSA) is 102 Å². The van der Waals surface area contributed by atoms with E-state index in [0.717, 1.165) is 6.20 Å². The Balaban J connectivity index is 1.65. The van der Waals surface area contributed by atoms with Gasteiger partial charge in [0.05, 0.1) is 23.4 Å². The molecule has 33 heavy (non-hydrogen) atoms. The Bertz CT molecular complexity index is 1130. The summed E-state index contributed by atoms with van der Waals surface area (Å²) in [6.45, 7) is 1.53. The first kappa shape index (κ1) is 24.0. The molecule has 0 bridgehead atoms. The summed E-state index contributed by atoms with van der Waals surface area (Å²) in [7, 11) is 0. The maximum absolute atomic E-state index is 13.6. The number of nitrogens with one attached hydrogen (secondary N) is 2. The molecule has 2 N–H and O–H groups in total. The zero-order valence-electron chi connectivity index (χ0n) is 17.3. The fourth-order valence-electron chi connectivity index (χ4n) is 2.87. The predicted octanol–water partition coefficient (Wildman–Crippen LogP) is 3.89. The molecule has 1 aromatic carbocycles. The number of esters is 1. The third-order valence-electron chi connectivity index (χ3n) is 4.31. The van der Waals surface area contributed by atoms with Gasteiger partial charge in [-0.3, -0.25) is 9.59 Å². The first-order valence-electron chi connectivity index (χ1n) is 9.75. The minimum absolute atomic E-state index is 0.0130. The van der Waals surface area contributed by atoms with Gasteiger partial charge in [-0.25, -0.2) is 9.48 Å². The van der Waals surface area contributed by atoms with E-state index in [-0.39, 0.29) is 37.1 Å². The number of alkyl halides is 3. The van der Waals surface area contributed by atoms with E-state index in [1.54, 1.807) is 17.5 Å². The van der Waals surface area contributed by atoms with Crippen LogP contribution in [0.15, 0.2) is 48.0 Å². The van der Waals surface area contributed by atoms with Crippen molar-refractivity contribution in [2.45, 2.75) is 19.5 Å². The fourth-order valence-corrected chi connectivity index (χ4v) is 3.51. The Labute approximate surface area is 190 Å². The Morgan fingerprint density at radius 1 is 1.15 bits per heavy atom. The number of nitrogens with zero attached hydrogens (tertiary/aromatic N) is 2. The van der Waals surface area contributed by atoms with Gasteiger partial charge >= 0.3 is 12.1 Å². The van der Waals surface area contributed by atoms with E-state index in [1.165, 1.54) is 42.5 Å². The number of carbonyl (C=O) groups excluding carboxylic acids is 3. The molecule has 0 aliphatic heterocycles. The highest BCUT2D eigenvalue weighted by Crippen LogP contribution is 2.34.